The summed E-state index contributed by atoms with van der Waals surface area (Å²) >= 11 is 1.39. The first kappa shape index (κ1) is 17.6. The largest absolute Gasteiger partial charge is 0.338 e. The van der Waals surface area contributed by atoms with Crippen molar-refractivity contribution in [3.05, 3.63) is 53.2 Å². The monoisotopic (exact) mass is 380 g/mol. The Morgan fingerprint density at radius 1 is 1.30 bits per heavy atom. The SMILES string of the molecule is Cc1cc(C(=O)N2CCC[C@H](C(=O)Nc3nccs3)C2)c2ccccc2n1. The topological polar surface area (TPSA) is 75.2 Å². The number of para-hydroxylation sites is 1. The Morgan fingerprint density at radius 2 is 2.15 bits per heavy atom. The highest BCUT2D eigenvalue weighted by atomic mass is 32.1. The Morgan fingerprint density at radius 3 is 2.96 bits per heavy atom. The van der Waals surface area contributed by atoms with Crippen molar-refractivity contribution in [2.75, 3.05) is 18.4 Å². The predicted octanol–water partition coefficient (Wildman–Crippen LogP) is 3.49. The third-order valence-corrected chi connectivity index (χ3v) is 5.51. The van der Waals surface area contributed by atoms with E-state index in [2.05, 4.69) is 15.3 Å². The van der Waals surface area contributed by atoms with E-state index >= 15 is 0 Å². The zero-order valence-corrected chi connectivity index (χ0v) is 15.8. The van der Waals surface area contributed by atoms with Gasteiger partial charge < -0.3 is 10.2 Å². The van der Waals surface area contributed by atoms with Gasteiger partial charge in [0.25, 0.3) is 5.91 Å². The summed E-state index contributed by atoms with van der Waals surface area (Å²) in [6, 6.07) is 9.51. The number of anilines is 1. The number of carbonyl (C=O) groups is 2. The first-order valence-electron chi connectivity index (χ1n) is 8.98. The van der Waals surface area contributed by atoms with E-state index in [4.69, 9.17) is 0 Å². The normalized spacial score (nSPS) is 17.1. The lowest BCUT2D eigenvalue weighted by Gasteiger charge is -2.32. The number of pyridine rings is 1. The van der Waals surface area contributed by atoms with Crippen molar-refractivity contribution in [2.24, 2.45) is 5.92 Å². The van der Waals surface area contributed by atoms with Crippen LogP contribution in [-0.2, 0) is 4.79 Å². The molecule has 1 aliphatic heterocycles. The lowest BCUT2D eigenvalue weighted by atomic mass is 9.96. The zero-order valence-electron chi connectivity index (χ0n) is 15.0. The number of fused-ring (bicyclic) bond motifs is 1. The Balaban J connectivity index is 1.55. The van der Waals surface area contributed by atoms with Crippen LogP contribution >= 0.6 is 11.3 Å². The number of hydrogen-bond acceptors (Lipinski definition) is 5. The van der Waals surface area contributed by atoms with Gasteiger partial charge in [0.05, 0.1) is 17.0 Å². The Hall–Kier alpha value is -2.80. The third kappa shape index (κ3) is 3.68. The van der Waals surface area contributed by atoms with E-state index in [1.807, 2.05) is 42.6 Å². The number of piperidine rings is 1. The fourth-order valence-electron chi connectivity index (χ4n) is 3.52. The van der Waals surface area contributed by atoms with E-state index in [0.29, 0.717) is 23.8 Å². The van der Waals surface area contributed by atoms with Gasteiger partial charge in [-0.05, 0) is 31.9 Å². The molecule has 7 heteroatoms. The van der Waals surface area contributed by atoms with Gasteiger partial charge in [-0.2, -0.15) is 0 Å². The predicted molar refractivity (Wildman–Crippen MR) is 106 cm³/mol. The van der Waals surface area contributed by atoms with Crippen molar-refractivity contribution in [1.29, 1.82) is 0 Å². The average Bonchev–Trinajstić information content (AvgIpc) is 3.20. The fourth-order valence-corrected chi connectivity index (χ4v) is 4.06. The van der Waals surface area contributed by atoms with Crippen molar-refractivity contribution < 1.29 is 9.59 Å². The van der Waals surface area contributed by atoms with Crippen molar-refractivity contribution in [3.63, 3.8) is 0 Å². The van der Waals surface area contributed by atoms with Gasteiger partial charge in [0.15, 0.2) is 5.13 Å². The number of aromatic nitrogens is 2. The molecule has 0 spiro atoms. The van der Waals surface area contributed by atoms with Crippen LogP contribution in [0.1, 0.15) is 28.9 Å². The highest BCUT2D eigenvalue weighted by Crippen LogP contribution is 2.24. The lowest BCUT2D eigenvalue weighted by molar-refractivity contribution is -0.121. The number of aryl methyl sites for hydroxylation is 1. The van der Waals surface area contributed by atoms with Crippen LogP contribution in [0.3, 0.4) is 0 Å². The summed E-state index contributed by atoms with van der Waals surface area (Å²) in [4.78, 5) is 36.1. The lowest BCUT2D eigenvalue weighted by Crippen LogP contribution is -2.43. The summed E-state index contributed by atoms with van der Waals surface area (Å²) in [5.74, 6) is -0.331. The fraction of sp³-hybridized carbons (Fsp3) is 0.300. The number of rotatable bonds is 3. The van der Waals surface area contributed by atoms with Crippen LogP contribution in [0.25, 0.3) is 10.9 Å². The first-order chi connectivity index (χ1) is 13.1. The van der Waals surface area contributed by atoms with E-state index < -0.39 is 0 Å². The molecule has 0 radical (unpaired) electrons. The number of thiazole rings is 1. The molecule has 3 aromatic rings. The minimum Gasteiger partial charge on any atom is -0.338 e. The molecule has 1 N–H and O–H groups in total. The molecule has 0 aliphatic carbocycles. The van der Waals surface area contributed by atoms with Crippen LogP contribution in [0.4, 0.5) is 5.13 Å². The van der Waals surface area contributed by atoms with E-state index in [1.54, 1.807) is 11.1 Å². The van der Waals surface area contributed by atoms with E-state index in [1.165, 1.54) is 11.3 Å². The van der Waals surface area contributed by atoms with Gasteiger partial charge in [0, 0.05) is 35.7 Å². The minimum atomic E-state index is -0.221. The molecular formula is C20H20N4O2S. The molecule has 4 rings (SSSR count). The molecule has 2 amide bonds. The van der Waals surface area contributed by atoms with Crippen LogP contribution in [-0.4, -0.2) is 39.8 Å². The Kier molecular flexibility index (Phi) is 4.85. The summed E-state index contributed by atoms with van der Waals surface area (Å²) < 4.78 is 0. The molecule has 27 heavy (non-hydrogen) atoms. The zero-order chi connectivity index (χ0) is 18.8. The van der Waals surface area contributed by atoms with Gasteiger partial charge in [0.1, 0.15) is 0 Å². The second-order valence-corrected chi connectivity index (χ2v) is 7.64. The molecule has 3 heterocycles. The number of nitrogens with one attached hydrogen (secondary N) is 1. The number of carbonyl (C=O) groups excluding carboxylic acids is 2. The molecular weight excluding hydrogens is 360 g/mol. The molecule has 2 aromatic heterocycles. The quantitative estimate of drug-likeness (QED) is 0.755. The summed E-state index contributed by atoms with van der Waals surface area (Å²) in [6.45, 7) is 2.98. The van der Waals surface area contributed by atoms with Crippen LogP contribution in [0.15, 0.2) is 41.9 Å². The molecule has 1 aromatic carbocycles. The Bertz CT molecular complexity index is 987. The van der Waals surface area contributed by atoms with Crippen molar-refractivity contribution >= 4 is 39.2 Å². The molecule has 1 saturated heterocycles. The molecule has 0 bridgehead atoms. The number of amides is 2. The maximum Gasteiger partial charge on any atom is 0.254 e. The molecule has 0 saturated carbocycles. The number of nitrogens with zero attached hydrogens (tertiary/aromatic N) is 3. The maximum atomic E-state index is 13.2. The number of likely N-dealkylation sites (tertiary alicyclic amines) is 1. The minimum absolute atomic E-state index is 0.0385. The van der Waals surface area contributed by atoms with Crippen LogP contribution < -0.4 is 5.32 Å². The average molecular weight is 380 g/mol. The molecule has 138 valence electrons. The van der Waals surface area contributed by atoms with Gasteiger partial charge in [0.2, 0.25) is 5.91 Å². The van der Waals surface area contributed by atoms with Crippen LogP contribution in [0.2, 0.25) is 0 Å². The second-order valence-electron chi connectivity index (χ2n) is 6.75. The van der Waals surface area contributed by atoms with Crippen molar-refractivity contribution in [3.8, 4) is 0 Å². The summed E-state index contributed by atoms with van der Waals surface area (Å²) in [5.41, 5.74) is 2.28. The second kappa shape index (κ2) is 7.44. The highest BCUT2D eigenvalue weighted by molar-refractivity contribution is 7.13. The van der Waals surface area contributed by atoms with Gasteiger partial charge in [-0.25, -0.2) is 4.98 Å². The van der Waals surface area contributed by atoms with Gasteiger partial charge in [-0.1, -0.05) is 18.2 Å². The van der Waals surface area contributed by atoms with E-state index in [9.17, 15) is 9.59 Å². The van der Waals surface area contributed by atoms with Crippen LogP contribution in [0, 0.1) is 12.8 Å². The summed E-state index contributed by atoms with van der Waals surface area (Å²) in [7, 11) is 0. The van der Waals surface area contributed by atoms with Gasteiger partial charge >= 0.3 is 0 Å². The van der Waals surface area contributed by atoms with Gasteiger partial charge in [-0.3, -0.25) is 14.6 Å². The molecule has 0 unspecified atom stereocenters. The van der Waals surface area contributed by atoms with E-state index in [-0.39, 0.29) is 17.7 Å². The van der Waals surface area contributed by atoms with Crippen LogP contribution in [0.5, 0.6) is 0 Å². The van der Waals surface area contributed by atoms with E-state index in [0.717, 1.165) is 29.4 Å². The first-order valence-corrected chi connectivity index (χ1v) is 9.86. The molecule has 1 aliphatic rings. The maximum absolute atomic E-state index is 13.2. The Labute approximate surface area is 161 Å². The number of benzene rings is 1. The highest BCUT2D eigenvalue weighted by Gasteiger charge is 2.30. The summed E-state index contributed by atoms with van der Waals surface area (Å²) in [5, 5.41) is 6.12. The van der Waals surface area contributed by atoms with Gasteiger partial charge in [-0.15, -0.1) is 11.3 Å². The number of hydrogen-bond donors (Lipinski definition) is 1. The molecule has 1 atom stereocenters. The molecule has 1 fully saturated rings. The summed E-state index contributed by atoms with van der Waals surface area (Å²) in [6.07, 6.45) is 3.24. The standard InChI is InChI=1S/C20H20N4O2S/c1-13-11-16(15-6-2-3-7-17(15)22-13)19(26)24-9-4-5-14(12-24)18(25)23-20-21-8-10-27-20/h2-3,6-8,10-11,14H,4-5,9,12H2,1H3,(H,21,23,25)/t14-/m0/s1. The molecule has 6 nitrogen and oxygen atoms in total. The smallest absolute Gasteiger partial charge is 0.254 e. The van der Waals surface area contributed by atoms with Crippen molar-refractivity contribution in [1.82, 2.24) is 14.9 Å². The third-order valence-electron chi connectivity index (χ3n) is 4.82. The van der Waals surface area contributed by atoms with Crippen molar-refractivity contribution in [2.45, 2.75) is 19.8 Å².